The second-order valence-corrected chi connectivity index (χ2v) is 2.87. The molecule has 8 heavy (non-hydrogen) atoms. The molecular formula is C5H6FNS. The molecule has 0 amide bonds. The average molecular weight is 131 g/mol. The highest BCUT2D eigenvalue weighted by Crippen LogP contribution is 2.38. The summed E-state index contributed by atoms with van der Waals surface area (Å²) >= 11 is 3.96. The first-order chi connectivity index (χ1) is 3.66. The molecule has 0 aromatic carbocycles. The predicted octanol–water partition coefficient (Wildman–Crippen LogP) is 1.31. The van der Waals surface area contributed by atoms with Gasteiger partial charge in [-0.1, -0.05) is 0 Å². The minimum absolute atomic E-state index is 0.111. The van der Waals surface area contributed by atoms with Crippen LogP contribution in [0.1, 0.15) is 12.8 Å². The number of halogens is 1. The first kappa shape index (κ1) is 5.90. The summed E-state index contributed by atoms with van der Waals surface area (Å²) in [6.45, 7) is 0. The molecule has 1 saturated carbocycles. The molecule has 1 rings (SSSR count). The van der Waals surface area contributed by atoms with Crippen molar-refractivity contribution in [3.8, 4) is 6.07 Å². The molecule has 44 valence electrons. The van der Waals surface area contributed by atoms with E-state index in [0.29, 0.717) is 12.8 Å². The van der Waals surface area contributed by atoms with Crippen molar-refractivity contribution in [1.82, 2.24) is 0 Å². The Hall–Kier alpha value is -0.230. The van der Waals surface area contributed by atoms with Gasteiger partial charge < -0.3 is 0 Å². The molecule has 0 unspecified atom stereocenters. The van der Waals surface area contributed by atoms with E-state index in [9.17, 15) is 4.39 Å². The summed E-state index contributed by atoms with van der Waals surface area (Å²) in [7, 11) is 0. The molecule has 1 nitrogen and oxygen atoms in total. The van der Waals surface area contributed by atoms with E-state index in [2.05, 4.69) is 12.6 Å². The van der Waals surface area contributed by atoms with Gasteiger partial charge in [-0.25, -0.2) is 4.39 Å². The maximum atomic E-state index is 12.5. The lowest BCUT2D eigenvalue weighted by atomic mass is 9.83. The second-order valence-electron chi connectivity index (χ2n) is 2.14. The normalized spacial score (nSPS) is 44.9. The van der Waals surface area contributed by atoms with Crippen molar-refractivity contribution in [3.05, 3.63) is 0 Å². The molecular weight excluding hydrogens is 125 g/mol. The van der Waals surface area contributed by atoms with Crippen molar-refractivity contribution < 1.29 is 4.39 Å². The lowest BCUT2D eigenvalue weighted by molar-refractivity contribution is 0.136. The smallest absolute Gasteiger partial charge is 0.198 e. The molecule has 0 bridgehead atoms. The Morgan fingerprint density at radius 1 is 1.75 bits per heavy atom. The van der Waals surface area contributed by atoms with Crippen LogP contribution in [0.25, 0.3) is 0 Å². The largest absolute Gasteiger partial charge is 0.227 e. The van der Waals surface area contributed by atoms with E-state index in [1.54, 1.807) is 6.07 Å². The molecule has 1 fully saturated rings. The minimum Gasteiger partial charge on any atom is -0.227 e. The third-order valence-electron chi connectivity index (χ3n) is 1.32. The molecule has 0 radical (unpaired) electrons. The minimum atomic E-state index is -1.54. The van der Waals surface area contributed by atoms with E-state index in [0.717, 1.165) is 0 Å². The average Bonchev–Trinajstić information content (AvgIpc) is 1.63. The fraction of sp³-hybridized carbons (Fsp3) is 0.800. The van der Waals surface area contributed by atoms with E-state index in [4.69, 9.17) is 5.26 Å². The monoisotopic (exact) mass is 131 g/mol. The molecule has 0 spiro atoms. The van der Waals surface area contributed by atoms with Gasteiger partial charge in [0, 0.05) is 18.1 Å². The summed E-state index contributed by atoms with van der Waals surface area (Å²) < 4.78 is 12.5. The first-order valence-corrected chi connectivity index (χ1v) is 2.96. The maximum Gasteiger partial charge on any atom is 0.198 e. The number of alkyl halides is 1. The zero-order valence-corrected chi connectivity index (χ0v) is 5.16. The molecule has 0 aromatic rings. The van der Waals surface area contributed by atoms with Crippen LogP contribution >= 0.6 is 12.6 Å². The van der Waals surface area contributed by atoms with Crippen molar-refractivity contribution in [2.45, 2.75) is 23.8 Å². The molecule has 0 atom stereocenters. The maximum absolute atomic E-state index is 12.5. The van der Waals surface area contributed by atoms with Crippen LogP contribution in [-0.2, 0) is 0 Å². The predicted molar refractivity (Wildman–Crippen MR) is 31.5 cm³/mol. The molecule has 0 saturated heterocycles. The number of nitrogens with zero attached hydrogens (tertiary/aromatic N) is 1. The third-order valence-corrected chi connectivity index (χ3v) is 1.68. The molecule has 1 aliphatic carbocycles. The van der Waals surface area contributed by atoms with Gasteiger partial charge in [0.1, 0.15) is 6.07 Å². The van der Waals surface area contributed by atoms with Gasteiger partial charge in [-0.05, 0) is 0 Å². The topological polar surface area (TPSA) is 23.8 Å². The highest BCUT2D eigenvalue weighted by Gasteiger charge is 2.43. The van der Waals surface area contributed by atoms with Gasteiger partial charge in [-0.2, -0.15) is 17.9 Å². The fourth-order valence-electron chi connectivity index (χ4n) is 0.778. The van der Waals surface area contributed by atoms with Crippen LogP contribution in [0.15, 0.2) is 0 Å². The second kappa shape index (κ2) is 1.63. The number of nitriles is 1. The van der Waals surface area contributed by atoms with Crippen LogP contribution in [-0.4, -0.2) is 10.9 Å². The Morgan fingerprint density at radius 3 is 2.38 bits per heavy atom. The van der Waals surface area contributed by atoms with Crippen LogP contribution in [0.4, 0.5) is 4.39 Å². The van der Waals surface area contributed by atoms with Gasteiger partial charge in [-0.15, -0.1) is 0 Å². The van der Waals surface area contributed by atoms with Crippen LogP contribution in [0.2, 0.25) is 0 Å². The Labute approximate surface area is 52.9 Å². The molecule has 0 N–H and O–H groups in total. The van der Waals surface area contributed by atoms with Crippen LogP contribution in [0, 0.1) is 11.3 Å². The van der Waals surface area contributed by atoms with E-state index in [1.807, 2.05) is 0 Å². The SMILES string of the molecule is N#C[C@]1(F)C[C@H](S)C1. The van der Waals surface area contributed by atoms with E-state index in [1.165, 1.54) is 0 Å². The van der Waals surface area contributed by atoms with Gasteiger partial charge in [0.05, 0.1) is 0 Å². The van der Waals surface area contributed by atoms with E-state index < -0.39 is 5.67 Å². The quantitative estimate of drug-likeness (QED) is 0.492. The highest BCUT2D eigenvalue weighted by molar-refractivity contribution is 7.81. The molecule has 3 heteroatoms. The Morgan fingerprint density at radius 2 is 2.25 bits per heavy atom. The van der Waals surface area contributed by atoms with Gasteiger partial charge in [0.25, 0.3) is 0 Å². The van der Waals surface area contributed by atoms with Crippen molar-refractivity contribution in [3.63, 3.8) is 0 Å². The van der Waals surface area contributed by atoms with Crippen molar-refractivity contribution in [2.24, 2.45) is 0 Å². The van der Waals surface area contributed by atoms with Gasteiger partial charge in [-0.3, -0.25) is 0 Å². The molecule has 0 aliphatic heterocycles. The Bertz CT molecular complexity index is 134. The van der Waals surface area contributed by atoms with Gasteiger partial charge in [0.15, 0.2) is 5.67 Å². The molecule has 0 aromatic heterocycles. The number of hydrogen-bond acceptors (Lipinski definition) is 2. The summed E-state index contributed by atoms with van der Waals surface area (Å²) in [5.41, 5.74) is -1.54. The summed E-state index contributed by atoms with van der Waals surface area (Å²) in [4.78, 5) is 0. The summed E-state index contributed by atoms with van der Waals surface area (Å²) in [5.74, 6) is 0. The summed E-state index contributed by atoms with van der Waals surface area (Å²) in [5, 5.41) is 8.21. The highest BCUT2D eigenvalue weighted by atomic mass is 32.1. The van der Waals surface area contributed by atoms with Crippen LogP contribution in [0.5, 0.6) is 0 Å². The molecule has 1 aliphatic rings. The van der Waals surface area contributed by atoms with Gasteiger partial charge in [0.2, 0.25) is 0 Å². The van der Waals surface area contributed by atoms with Crippen LogP contribution < -0.4 is 0 Å². The number of hydrogen-bond donors (Lipinski definition) is 1. The van der Waals surface area contributed by atoms with Crippen LogP contribution in [0.3, 0.4) is 0 Å². The lowest BCUT2D eigenvalue weighted by Gasteiger charge is -2.32. The Balaban J connectivity index is 2.44. The molecule has 0 heterocycles. The lowest BCUT2D eigenvalue weighted by Crippen LogP contribution is -2.38. The van der Waals surface area contributed by atoms with Gasteiger partial charge >= 0.3 is 0 Å². The zero-order chi connectivity index (χ0) is 6.20. The van der Waals surface area contributed by atoms with E-state index >= 15 is 0 Å². The number of rotatable bonds is 0. The first-order valence-electron chi connectivity index (χ1n) is 2.44. The van der Waals surface area contributed by atoms with Crippen molar-refractivity contribution in [2.75, 3.05) is 0 Å². The van der Waals surface area contributed by atoms with E-state index in [-0.39, 0.29) is 5.25 Å². The summed E-state index contributed by atoms with van der Waals surface area (Å²) in [6, 6.07) is 1.59. The fourth-order valence-corrected chi connectivity index (χ4v) is 1.36. The Kier molecular flexibility index (Phi) is 1.20. The zero-order valence-electron chi connectivity index (χ0n) is 4.26. The third kappa shape index (κ3) is 0.805. The number of thiol groups is 1. The van der Waals surface area contributed by atoms with Crippen molar-refractivity contribution in [1.29, 1.82) is 5.26 Å². The van der Waals surface area contributed by atoms with Crippen molar-refractivity contribution >= 4 is 12.6 Å². The summed E-state index contributed by atoms with van der Waals surface area (Å²) in [6.07, 6.45) is 0.596. The standard InChI is InChI=1S/C5H6FNS/c6-5(3-7)1-4(8)2-5/h4,8H,1-2H2/t4-,5-.